The van der Waals surface area contributed by atoms with E-state index in [0.29, 0.717) is 11.6 Å². The van der Waals surface area contributed by atoms with Crippen LogP contribution < -0.4 is 10.6 Å². The van der Waals surface area contributed by atoms with Gasteiger partial charge in [0, 0.05) is 26.2 Å². The lowest BCUT2D eigenvalue weighted by Crippen LogP contribution is -2.43. The van der Waals surface area contributed by atoms with E-state index >= 15 is 0 Å². The summed E-state index contributed by atoms with van der Waals surface area (Å²) in [6.45, 7) is 13.2. The molecular formula is C18H31FN4. The smallest absolute Gasteiger partial charge is 0.191 e. The molecule has 0 aliphatic heterocycles. The van der Waals surface area contributed by atoms with Crippen molar-refractivity contribution in [3.63, 3.8) is 0 Å². The number of hydrogen-bond acceptors (Lipinski definition) is 2. The van der Waals surface area contributed by atoms with Crippen molar-refractivity contribution in [3.8, 4) is 0 Å². The fourth-order valence-corrected chi connectivity index (χ4v) is 2.46. The standard InChI is InChI=1S/C18H31FN4/c1-7-23(13(2)3)11-10-21-18(20-6)22-15(5)16-9-8-14(4)17(19)12-16/h8-9,12-13,15H,7,10-11H2,1-6H3,(H2,20,21,22). The zero-order chi connectivity index (χ0) is 17.4. The molecule has 0 aliphatic rings. The van der Waals surface area contributed by atoms with Crippen molar-refractivity contribution in [2.75, 3.05) is 26.7 Å². The summed E-state index contributed by atoms with van der Waals surface area (Å²) in [6.07, 6.45) is 0. The van der Waals surface area contributed by atoms with Crippen LogP contribution >= 0.6 is 0 Å². The van der Waals surface area contributed by atoms with Crippen LogP contribution in [0.3, 0.4) is 0 Å². The van der Waals surface area contributed by atoms with Crippen molar-refractivity contribution >= 4 is 5.96 Å². The molecule has 0 aliphatic carbocycles. The molecule has 1 atom stereocenters. The first-order chi connectivity index (χ1) is 10.9. The normalized spacial score (nSPS) is 13.5. The van der Waals surface area contributed by atoms with Gasteiger partial charge in [-0.05, 0) is 51.4 Å². The summed E-state index contributed by atoms with van der Waals surface area (Å²) >= 11 is 0. The Hall–Kier alpha value is -1.62. The van der Waals surface area contributed by atoms with Crippen molar-refractivity contribution in [2.45, 2.75) is 46.7 Å². The van der Waals surface area contributed by atoms with Gasteiger partial charge in [-0.1, -0.05) is 19.1 Å². The molecular weight excluding hydrogens is 291 g/mol. The number of nitrogens with one attached hydrogen (secondary N) is 2. The molecule has 0 saturated carbocycles. The largest absolute Gasteiger partial charge is 0.355 e. The Labute approximate surface area is 140 Å². The van der Waals surface area contributed by atoms with Gasteiger partial charge < -0.3 is 10.6 Å². The van der Waals surface area contributed by atoms with Gasteiger partial charge in [0.15, 0.2) is 5.96 Å². The van der Waals surface area contributed by atoms with Crippen LogP contribution in [0.25, 0.3) is 0 Å². The van der Waals surface area contributed by atoms with Crippen LogP contribution in [0, 0.1) is 12.7 Å². The average Bonchev–Trinajstić information content (AvgIpc) is 2.52. The molecule has 0 fully saturated rings. The van der Waals surface area contributed by atoms with Crippen molar-refractivity contribution in [3.05, 3.63) is 35.1 Å². The van der Waals surface area contributed by atoms with Gasteiger partial charge in [-0.15, -0.1) is 0 Å². The summed E-state index contributed by atoms with van der Waals surface area (Å²) in [7, 11) is 1.75. The predicted octanol–water partition coefficient (Wildman–Crippen LogP) is 3.09. The number of aliphatic imine (C=N–C) groups is 1. The summed E-state index contributed by atoms with van der Waals surface area (Å²) in [4.78, 5) is 6.63. The van der Waals surface area contributed by atoms with Crippen LogP contribution in [-0.4, -0.2) is 43.6 Å². The van der Waals surface area contributed by atoms with Gasteiger partial charge >= 0.3 is 0 Å². The van der Waals surface area contributed by atoms with Crippen LogP contribution in [0.1, 0.15) is 44.9 Å². The van der Waals surface area contributed by atoms with E-state index in [1.807, 2.05) is 13.0 Å². The molecule has 23 heavy (non-hydrogen) atoms. The number of likely N-dealkylation sites (N-methyl/N-ethyl adjacent to an activating group) is 1. The van der Waals surface area contributed by atoms with Crippen molar-refractivity contribution in [1.29, 1.82) is 0 Å². The maximum absolute atomic E-state index is 13.7. The Morgan fingerprint density at radius 3 is 2.52 bits per heavy atom. The third kappa shape index (κ3) is 6.18. The van der Waals surface area contributed by atoms with Gasteiger partial charge in [-0.3, -0.25) is 9.89 Å². The van der Waals surface area contributed by atoms with Gasteiger partial charge in [0.05, 0.1) is 6.04 Å². The Morgan fingerprint density at radius 2 is 2.00 bits per heavy atom. The number of aryl methyl sites for hydroxylation is 1. The number of halogens is 1. The van der Waals surface area contributed by atoms with Gasteiger partial charge in [0.25, 0.3) is 0 Å². The zero-order valence-electron chi connectivity index (χ0n) is 15.3. The first-order valence-corrected chi connectivity index (χ1v) is 8.36. The highest BCUT2D eigenvalue weighted by Crippen LogP contribution is 2.16. The minimum absolute atomic E-state index is 0.0105. The minimum atomic E-state index is -0.172. The van der Waals surface area contributed by atoms with Crippen molar-refractivity contribution < 1.29 is 4.39 Å². The van der Waals surface area contributed by atoms with E-state index in [9.17, 15) is 4.39 Å². The van der Waals surface area contributed by atoms with E-state index in [-0.39, 0.29) is 11.9 Å². The van der Waals surface area contributed by atoms with Crippen LogP contribution in [-0.2, 0) is 0 Å². The molecule has 1 unspecified atom stereocenters. The second-order valence-corrected chi connectivity index (χ2v) is 6.10. The average molecular weight is 322 g/mol. The quantitative estimate of drug-likeness (QED) is 0.598. The first-order valence-electron chi connectivity index (χ1n) is 8.36. The first kappa shape index (κ1) is 19.4. The lowest BCUT2D eigenvalue weighted by atomic mass is 10.1. The molecule has 1 rings (SSSR count). The third-order valence-corrected chi connectivity index (χ3v) is 4.10. The Bertz CT molecular complexity index is 514. The molecule has 1 aromatic rings. The molecule has 0 bridgehead atoms. The second kappa shape index (κ2) is 9.50. The molecule has 5 heteroatoms. The minimum Gasteiger partial charge on any atom is -0.355 e. The highest BCUT2D eigenvalue weighted by atomic mass is 19.1. The Morgan fingerprint density at radius 1 is 1.30 bits per heavy atom. The molecule has 0 amide bonds. The summed E-state index contributed by atoms with van der Waals surface area (Å²) in [5.41, 5.74) is 1.57. The van der Waals surface area contributed by atoms with Gasteiger partial charge in [-0.25, -0.2) is 4.39 Å². The van der Waals surface area contributed by atoms with Crippen LogP contribution in [0.15, 0.2) is 23.2 Å². The van der Waals surface area contributed by atoms with E-state index in [2.05, 4.69) is 41.3 Å². The van der Waals surface area contributed by atoms with Crippen LogP contribution in [0.4, 0.5) is 4.39 Å². The lowest BCUT2D eigenvalue weighted by Gasteiger charge is -2.25. The molecule has 0 radical (unpaired) electrons. The monoisotopic (exact) mass is 322 g/mol. The van der Waals surface area contributed by atoms with Crippen molar-refractivity contribution in [2.24, 2.45) is 4.99 Å². The maximum atomic E-state index is 13.7. The number of benzene rings is 1. The van der Waals surface area contributed by atoms with E-state index < -0.39 is 0 Å². The lowest BCUT2D eigenvalue weighted by molar-refractivity contribution is 0.237. The topological polar surface area (TPSA) is 39.7 Å². The zero-order valence-corrected chi connectivity index (χ0v) is 15.3. The molecule has 0 saturated heterocycles. The molecule has 0 spiro atoms. The molecule has 0 heterocycles. The van der Waals surface area contributed by atoms with E-state index in [0.717, 1.165) is 31.2 Å². The summed E-state index contributed by atoms with van der Waals surface area (Å²) in [6, 6.07) is 5.86. The fourth-order valence-electron chi connectivity index (χ4n) is 2.46. The Balaban J connectivity index is 2.54. The molecule has 1 aromatic carbocycles. The third-order valence-electron chi connectivity index (χ3n) is 4.10. The highest BCUT2D eigenvalue weighted by molar-refractivity contribution is 5.80. The fraction of sp³-hybridized carbons (Fsp3) is 0.611. The summed E-state index contributed by atoms with van der Waals surface area (Å²) in [5, 5.41) is 6.62. The van der Waals surface area contributed by atoms with Crippen LogP contribution in [0.2, 0.25) is 0 Å². The second-order valence-electron chi connectivity index (χ2n) is 6.10. The van der Waals surface area contributed by atoms with E-state index in [1.165, 1.54) is 0 Å². The Kier molecular flexibility index (Phi) is 8.03. The van der Waals surface area contributed by atoms with E-state index in [1.54, 1.807) is 26.1 Å². The number of rotatable bonds is 7. The van der Waals surface area contributed by atoms with Crippen molar-refractivity contribution in [1.82, 2.24) is 15.5 Å². The SMILES string of the molecule is CCN(CCNC(=NC)NC(C)c1ccc(C)c(F)c1)C(C)C. The molecule has 0 aromatic heterocycles. The highest BCUT2D eigenvalue weighted by Gasteiger charge is 2.11. The number of nitrogens with zero attached hydrogens (tertiary/aromatic N) is 2. The maximum Gasteiger partial charge on any atom is 0.191 e. The summed E-state index contributed by atoms with van der Waals surface area (Å²) < 4.78 is 13.7. The molecule has 130 valence electrons. The van der Waals surface area contributed by atoms with Gasteiger partial charge in [-0.2, -0.15) is 0 Å². The van der Waals surface area contributed by atoms with Crippen LogP contribution in [0.5, 0.6) is 0 Å². The van der Waals surface area contributed by atoms with E-state index in [4.69, 9.17) is 0 Å². The molecule has 4 nitrogen and oxygen atoms in total. The number of guanidine groups is 1. The summed E-state index contributed by atoms with van der Waals surface area (Å²) in [5.74, 6) is 0.563. The number of hydrogen-bond donors (Lipinski definition) is 2. The van der Waals surface area contributed by atoms with Gasteiger partial charge in [0.2, 0.25) is 0 Å². The molecule has 2 N–H and O–H groups in total. The predicted molar refractivity (Wildman–Crippen MR) is 96.4 cm³/mol. The van der Waals surface area contributed by atoms with Gasteiger partial charge in [0.1, 0.15) is 5.82 Å².